The minimum atomic E-state index is -0.261. The van der Waals surface area contributed by atoms with E-state index in [1.807, 2.05) is 6.07 Å². The van der Waals surface area contributed by atoms with Crippen molar-refractivity contribution in [3.05, 3.63) is 53.6 Å². The van der Waals surface area contributed by atoms with Gasteiger partial charge in [-0.25, -0.2) is 0 Å². The van der Waals surface area contributed by atoms with E-state index in [2.05, 4.69) is 5.32 Å². The van der Waals surface area contributed by atoms with Crippen LogP contribution in [-0.4, -0.2) is 32.5 Å². The molecule has 0 radical (unpaired) electrons. The van der Waals surface area contributed by atoms with Gasteiger partial charge in [0.1, 0.15) is 5.75 Å². The van der Waals surface area contributed by atoms with Gasteiger partial charge in [0.05, 0.1) is 14.2 Å². The molecule has 0 unspecified atom stereocenters. The van der Waals surface area contributed by atoms with Crippen LogP contribution in [0.25, 0.3) is 0 Å². The standard InChI is InChI=1S/C19H21NO5/c1-13(21)15-5-4-6-16(10-15)25-12-19(22)20-11-14-7-8-17(23-2)18(9-14)24-3/h4-10H,11-12H2,1-3H3,(H,20,22). The first-order valence-corrected chi connectivity index (χ1v) is 7.75. The van der Waals surface area contributed by atoms with Crippen molar-refractivity contribution in [3.63, 3.8) is 0 Å². The topological polar surface area (TPSA) is 73.9 Å². The fourth-order valence-electron chi connectivity index (χ4n) is 2.20. The van der Waals surface area contributed by atoms with Crippen LogP contribution in [0, 0.1) is 0 Å². The van der Waals surface area contributed by atoms with Gasteiger partial charge < -0.3 is 19.5 Å². The molecule has 0 spiro atoms. The zero-order chi connectivity index (χ0) is 18.2. The van der Waals surface area contributed by atoms with Crippen molar-refractivity contribution in [1.82, 2.24) is 5.32 Å². The molecule has 0 saturated carbocycles. The molecule has 1 amide bonds. The molecule has 6 nitrogen and oxygen atoms in total. The first-order chi connectivity index (χ1) is 12.0. The number of hydrogen-bond acceptors (Lipinski definition) is 5. The van der Waals surface area contributed by atoms with E-state index in [1.165, 1.54) is 6.92 Å². The van der Waals surface area contributed by atoms with E-state index in [4.69, 9.17) is 14.2 Å². The molecule has 2 rings (SSSR count). The average Bonchev–Trinajstić information content (AvgIpc) is 2.64. The third-order valence-electron chi connectivity index (χ3n) is 3.55. The summed E-state index contributed by atoms with van der Waals surface area (Å²) in [6.07, 6.45) is 0. The van der Waals surface area contributed by atoms with Gasteiger partial charge >= 0.3 is 0 Å². The Bertz CT molecular complexity index is 757. The quantitative estimate of drug-likeness (QED) is 0.746. The first-order valence-electron chi connectivity index (χ1n) is 7.75. The summed E-state index contributed by atoms with van der Waals surface area (Å²) in [5.41, 5.74) is 1.42. The largest absolute Gasteiger partial charge is 0.493 e. The number of Topliss-reactive ketones (excluding diaryl/α,β-unsaturated/α-hetero) is 1. The van der Waals surface area contributed by atoms with Crippen molar-refractivity contribution < 1.29 is 23.8 Å². The van der Waals surface area contributed by atoms with Crippen LogP contribution in [0.5, 0.6) is 17.2 Å². The van der Waals surface area contributed by atoms with Crippen LogP contribution in [0.1, 0.15) is 22.8 Å². The number of carbonyl (C=O) groups is 2. The molecule has 0 aromatic heterocycles. The number of ketones is 1. The molecule has 0 heterocycles. The Hall–Kier alpha value is -3.02. The van der Waals surface area contributed by atoms with Gasteiger partial charge in [-0.05, 0) is 36.8 Å². The van der Waals surface area contributed by atoms with Crippen LogP contribution in [0.3, 0.4) is 0 Å². The van der Waals surface area contributed by atoms with Crippen molar-refractivity contribution in [3.8, 4) is 17.2 Å². The number of rotatable bonds is 8. The third-order valence-corrected chi connectivity index (χ3v) is 3.55. The highest BCUT2D eigenvalue weighted by Crippen LogP contribution is 2.27. The molecular weight excluding hydrogens is 322 g/mol. The number of nitrogens with one attached hydrogen (secondary N) is 1. The van der Waals surface area contributed by atoms with Crippen LogP contribution < -0.4 is 19.5 Å². The highest BCUT2D eigenvalue weighted by atomic mass is 16.5. The SMILES string of the molecule is COc1ccc(CNC(=O)COc2cccc(C(C)=O)c2)cc1OC. The fourth-order valence-corrected chi connectivity index (χ4v) is 2.20. The van der Waals surface area contributed by atoms with E-state index in [0.717, 1.165) is 5.56 Å². The monoisotopic (exact) mass is 343 g/mol. The lowest BCUT2D eigenvalue weighted by Gasteiger charge is -2.11. The number of amides is 1. The summed E-state index contributed by atoms with van der Waals surface area (Å²) in [7, 11) is 3.13. The van der Waals surface area contributed by atoms with Gasteiger partial charge in [-0.2, -0.15) is 0 Å². The van der Waals surface area contributed by atoms with Gasteiger partial charge in [0.2, 0.25) is 0 Å². The summed E-state index contributed by atoms with van der Waals surface area (Å²) in [6, 6.07) is 12.2. The molecule has 0 aliphatic rings. The van der Waals surface area contributed by atoms with Crippen LogP contribution in [0.15, 0.2) is 42.5 Å². The lowest BCUT2D eigenvalue weighted by molar-refractivity contribution is -0.123. The molecule has 2 aromatic carbocycles. The summed E-state index contributed by atoms with van der Waals surface area (Å²) in [5, 5.41) is 2.77. The minimum Gasteiger partial charge on any atom is -0.493 e. The molecule has 0 aliphatic heterocycles. The maximum atomic E-state index is 11.9. The maximum absolute atomic E-state index is 11.9. The first kappa shape index (κ1) is 18.3. The van der Waals surface area contributed by atoms with Crippen molar-refractivity contribution in [2.45, 2.75) is 13.5 Å². The van der Waals surface area contributed by atoms with Crippen molar-refractivity contribution in [2.75, 3.05) is 20.8 Å². The Balaban J connectivity index is 1.87. The zero-order valence-corrected chi connectivity index (χ0v) is 14.5. The molecular formula is C19H21NO5. The van der Waals surface area contributed by atoms with E-state index in [1.54, 1.807) is 50.6 Å². The Morgan fingerprint density at radius 1 is 1.00 bits per heavy atom. The summed E-state index contributed by atoms with van der Waals surface area (Å²) < 4.78 is 15.8. The Labute approximate surface area is 146 Å². The second-order valence-corrected chi connectivity index (χ2v) is 5.34. The molecule has 0 atom stereocenters. The number of methoxy groups -OCH3 is 2. The Morgan fingerprint density at radius 3 is 2.44 bits per heavy atom. The van der Waals surface area contributed by atoms with E-state index >= 15 is 0 Å². The summed E-state index contributed by atoms with van der Waals surface area (Å²) >= 11 is 0. The second-order valence-electron chi connectivity index (χ2n) is 5.34. The summed E-state index contributed by atoms with van der Waals surface area (Å²) in [5.74, 6) is 1.40. The molecule has 0 aliphatic carbocycles. The van der Waals surface area contributed by atoms with Crippen LogP contribution in [0.4, 0.5) is 0 Å². The predicted molar refractivity (Wildman–Crippen MR) is 93.3 cm³/mol. The lowest BCUT2D eigenvalue weighted by atomic mass is 10.1. The smallest absolute Gasteiger partial charge is 0.258 e. The lowest BCUT2D eigenvalue weighted by Crippen LogP contribution is -2.28. The molecule has 25 heavy (non-hydrogen) atoms. The fraction of sp³-hybridized carbons (Fsp3) is 0.263. The average molecular weight is 343 g/mol. The number of benzene rings is 2. The van der Waals surface area contributed by atoms with Gasteiger partial charge in [0.15, 0.2) is 23.9 Å². The normalized spacial score (nSPS) is 10.0. The van der Waals surface area contributed by atoms with E-state index in [-0.39, 0.29) is 18.3 Å². The van der Waals surface area contributed by atoms with E-state index < -0.39 is 0 Å². The molecule has 132 valence electrons. The third kappa shape index (κ3) is 5.24. The highest BCUT2D eigenvalue weighted by molar-refractivity contribution is 5.94. The molecule has 6 heteroatoms. The Kier molecular flexibility index (Phi) is 6.39. The van der Waals surface area contributed by atoms with Gasteiger partial charge in [-0.15, -0.1) is 0 Å². The van der Waals surface area contributed by atoms with Crippen LogP contribution >= 0.6 is 0 Å². The van der Waals surface area contributed by atoms with E-state index in [0.29, 0.717) is 29.4 Å². The number of ether oxygens (including phenoxy) is 3. The van der Waals surface area contributed by atoms with Crippen LogP contribution in [0.2, 0.25) is 0 Å². The van der Waals surface area contributed by atoms with Crippen molar-refractivity contribution >= 4 is 11.7 Å². The van der Waals surface area contributed by atoms with Gasteiger partial charge in [-0.1, -0.05) is 18.2 Å². The molecule has 0 bridgehead atoms. The van der Waals surface area contributed by atoms with Crippen molar-refractivity contribution in [1.29, 1.82) is 0 Å². The molecule has 0 saturated heterocycles. The predicted octanol–water partition coefficient (Wildman–Crippen LogP) is 2.60. The molecule has 1 N–H and O–H groups in total. The van der Waals surface area contributed by atoms with Gasteiger partial charge in [-0.3, -0.25) is 9.59 Å². The van der Waals surface area contributed by atoms with E-state index in [9.17, 15) is 9.59 Å². The molecule has 0 fully saturated rings. The summed E-state index contributed by atoms with van der Waals surface area (Å²) in [6.45, 7) is 1.69. The number of hydrogen-bond donors (Lipinski definition) is 1. The van der Waals surface area contributed by atoms with Gasteiger partial charge in [0, 0.05) is 12.1 Å². The molecule has 2 aromatic rings. The van der Waals surface area contributed by atoms with Crippen molar-refractivity contribution in [2.24, 2.45) is 0 Å². The zero-order valence-electron chi connectivity index (χ0n) is 14.5. The number of carbonyl (C=O) groups excluding carboxylic acids is 2. The maximum Gasteiger partial charge on any atom is 0.258 e. The highest BCUT2D eigenvalue weighted by Gasteiger charge is 2.07. The minimum absolute atomic E-state index is 0.0524. The summed E-state index contributed by atoms with van der Waals surface area (Å²) in [4.78, 5) is 23.3. The van der Waals surface area contributed by atoms with Crippen LogP contribution in [-0.2, 0) is 11.3 Å². The second kappa shape index (κ2) is 8.73. The van der Waals surface area contributed by atoms with Gasteiger partial charge in [0.25, 0.3) is 5.91 Å². The Morgan fingerprint density at radius 2 is 1.76 bits per heavy atom.